The van der Waals surface area contributed by atoms with E-state index in [1.54, 1.807) is 26.0 Å². The average molecular weight is 445 g/mol. The summed E-state index contributed by atoms with van der Waals surface area (Å²) in [7, 11) is 1.21. The van der Waals surface area contributed by atoms with Crippen LogP contribution in [-0.2, 0) is 25.5 Å². The number of aromatic hydroxyl groups is 2. The van der Waals surface area contributed by atoms with Gasteiger partial charge in [0.25, 0.3) is 5.91 Å². The van der Waals surface area contributed by atoms with Gasteiger partial charge in [0.15, 0.2) is 0 Å². The van der Waals surface area contributed by atoms with Gasteiger partial charge in [0, 0.05) is 12.1 Å². The maximum atomic E-state index is 12.9. The molecular formula is C21H23N3O6S. The minimum atomic E-state index is -0.971. The summed E-state index contributed by atoms with van der Waals surface area (Å²) in [6.45, 7) is 3.32. The summed E-state index contributed by atoms with van der Waals surface area (Å²) in [5, 5.41) is 21.9. The van der Waals surface area contributed by atoms with E-state index in [1.807, 2.05) is 18.2 Å². The molecule has 1 saturated heterocycles. The van der Waals surface area contributed by atoms with Crippen molar-refractivity contribution in [3.05, 3.63) is 59.3 Å². The molecule has 2 amide bonds. The number of aromatic nitrogens is 1. The minimum absolute atomic E-state index is 0.0460. The molecule has 3 N–H and O–H groups in total. The summed E-state index contributed by atoms with van der Waals surface area (Å²) in [6.07, 6.45) is 0.0779. The van der Waals surface area contributed by atoms with Crippen LogP contribution in [0.4, 0.5) is 0 Å². The Bertz CT molecular complexity index is 1010. The number of methoxy groups -OCH3 is 1. The zero-order valence-corrected chi connectivity index (χ0v) is 18.0. The molecule has 0 bridgehead atoms. The zero-order chi connectivity index (χ0) is 22.7. The molecule has 2 aromatic rings. The van der Waals surface area contributed by atoms with Crippen molar-refractivity contribution in [3.8, 4) is 11.8 Å². The fourth-order valence-electron chi connectivity index (χ4n) is 3.21. The second-order valence-electron chi connectivity index (χ2n) is 7.10. The van der Waals surface area contributed by atoms with E-state index in [-0.39, 0.29) is 29.8 Å². The molecule has 0 saturated carbocycles. The van der Waals surface area contributed by atoms with Gasteiger partial charge in [-0.2, -0.15) is 0 Å². The summed E-state index contributed by atoms with van der Waals surface area (Å²) >= 11 is 0.897. The maximum Gasteiger partial charge on any atom is 0.354 e. The van der Waals surface area contributed by atoms with Gasteiger partial charge in [0.05, 0.1) is 13.5 Å². The third kappa shape index (κ3) is 4.53. The van der Waals surface area contributed by atoms with Gasteiger partial charge in [0.1, 0.15) is 17.1 Å². The van der Waals surface area contributed by atoms with Crippen LogP contribution in [0.25, 0.3) is 0 Å². The number of hydrogen-bond donors (Lipinski definition) is 3. The van der Waals surface area contributed by atoms with Crippen molar-refractivity contribution in [2.45, 2.75) is 31.7 Å². The Morgan fingerprint density at radius 3 is 2.26 bits per heavy atom. The Labute approximate surface area is 183 Å². The van der Waals surface area contributed by atoms with E-state index in [9.17, 15) is 24.6 Å². The highest BCUT2D eigenvalue weighted by Crippen LogP contribution is 2.40. The van der Waals surface area contributed by atoms with Crippen molar-refractivity contribution in [3.63, 3.8) is 0 Å². The molecular weight excluding hydrogens is 422 g/mol. The lowest BCUT2D eigenvalue weighted by Crippen LogP contribution is -2.69. The zero-order valence-electron chi connectivity index (χ0n) is 17.2. The third-order valence-electron chi connectivity index (χ3n) is 4.67. The molecule has 1 aliphatic rings. The largest absolute Gasteiger partial charge is 0.494 e. The van der Waals surface area contributed by atoms with Crippen LogP contribution in [-0.4, -0.2) is 55.4 Å². The highest BCUT2D eigenvalue weighted by molar-refractivity contribution is 7.98. The molecule has 2 heterocycles. The monoisotopic (exact) mass is 445 g/mol. The Balaban J connectivity index is 1.87. The van der Waals surface area contributed by atoms with Gasteiger partial charge in [-0.1, -0.05) is 30.3 Å². The standard InChI is InChI=1S/C21H23N3O6S/c1-12(2)18(21(29)30-3)23-19(28)17(20(23)31-24-15(26)9-10-16(24)27)22-14(25)11-13-7-5-4-6-8-13/h4-10,17,20,26-27H,11H2,1-3H3,(H,22,25). The molecule has 1 aromatic carbocycles. The minimum Gasteiger partial charge on any atom is -0.494 e. The third-order valence-corrected chi connectivity index (χ3v) is 5.96. The molecule has 1 aliphatic heterocycles. The average Bonchev–Trinajstić information content (AvgIpc) is 3.06. The van der Waals surface area contributed by atoms with Crippen LogP contribution in [0, 0.1) is 0 Å². The summed E-state index contributed by atoms with van der Waals surface area (Å²) in [4.78, 5) is 39.0. The van der Waals surface area contributed by atoms with Gasteiger partial charge >= 0.3 is 5.97 Å². The number of amides is 2. The number of ether oxygens (including phenoxy) is 1. The van der Waals surface area contributed by atoms with Crippen molar-refractivity contribution in [2.75, 3.05) is 7.11 Å². The first-order chi connectivity index (χ1) is 14.7. The summed E-state index contributed by atoms with van der Waals surface area (Å²) in [5.41, 5.74) is 1.37. The fourth-order valence-corrected chi connectivity index (χ4v) is 4.37. The van der Waals surface area contributed by atoms with Crippen molar-refractivity contribution in [1.82, 2.24) is 14.2 Å². The molecule has 31 heavy (non-hydrogen) atoms. The maximum absolute atomic E-state index is 12.9. The number of β-lactam (4-membered cyclic amide) rings is 1. The van der Waals surface area contributed by atoms with Gasteiger partial charge in [0.2, 0.25) is 17.7 Å². The number of hydrogen-bond acceptors (Lipinski definition) is 7. The second kappa shape index (κ2) is 9.17. The fraction of sp³-hybridized carbons (Fsp3) is 0.286. The van der Waals surface area contributed by atoms with Crippen molar-refractivity contribution >= 4 is 29.7 Å². The van der Waals surface area contributed by atoms with Crippen LogP contribution in [0.1, 0.15) is 19.4 Å². The smallest absolute Gasteiger partial charge is 0.354 e. The van der Waals surface area contributed by atoms with Crippen LogP contribution in [0.5, 0.6) is 11.8 Å². The van der Waals surface area contributed by atoms with Gasteiger partial charge in [-0.05, 0) is 36.9 Å². The number of esters is 1. The molecule has 0 aliphatic carbocycles. The molecule has 0 spiro atoms. The van der Waals surface area contributed by atoms with Gasteiger partial charge in [-0.25, -0.2) is 8.77 Å². The molecule has 0 radical (unpaired) electrons. The molecule has 1 aromatic heterocycles. The SMILES string of the molecule is COC(=O)C(=C(C)C)N1C(=O)C(NC(=O)Cc2ccccc2)C1Sn1c(O)ccc1O. The quantitative estimate of drug-likeness (QED) is 0.337. The van der Waals surface area contributed by atoms with Gasteiger partial charge in [-0.3, -0.25) is 14.5 Å². The van der Waals surface area contributed by atoms with E-state index in [0.29, 0.717) is 5.57 Å². The Morgan fingerprint density at radius 2 is 1.71 bits per heavy atom. The van der Waals surface area contributed by atoms with Crippen LogP contribution < -0.4 is 5.32 Å². The molecule has 2 atom stereocenters. The predicted molar refractivity (Wildman–Crippen MR) is 114 cm³/mol. The van der Waals surface area contributed by atoms with Crippen molar-refractivity contribution in [1.29, 1.82) is 0 Å². The molecule has 2 unspecified atom stereocenters. The molecule has 10 heteroatoms. The number of nitrogens with zero attached hydrogens (tertiary/aromatic N) is 2. The lowest BCUT2D eigenvalue weighted by molar-refractivity contribution is -0.151. The van der Waals surface area contributed by atoms with Gasteiger partial charge < -0.3 is 20.3 Å². The van der Waals surface area contributed by atoms with Crippen LogP contribution >= 0.6 is 11.9 Å². The number of benzene rings is 1. The Morgan fingerprint density at radius 1 is 1.10 bits per heavy atom. The normalized spacial score (nSPS) is 17.6. The van der Waals surface area contributed by atoms with E-state index in [0.717, 1.165) is 21.5 Å². The number of carbonyl (C=O) groups is 3. The Hall–Kier alpha value is -3.40. The van der Waals surface area contributed by atoms with E-state index >= 15 is 0 Å². The highest BCUT2D eigenvalue weighted by Gasteiger charge is 2.53. The molecule has 9 nitrogen and oxygen atoms in total. The van der Waals surface area contributed by atoms with E-state index in [4.69, 9.17) is 4.74 Å². The number of rotatable bonds is 7. The molecule has 3 rings (SSSR count). The second-order valence-corrected chi connectivity index (χ2v) is 8.16. The highest BCUT2D eigenvalue weighted by atomic mass is 32.2. The van der Waals surface area contributed by atoms with Crippen LogP contribution in [0.2, 0.25) is 0 Å². The lowest BCUT2D eigenvalue weighted by Gasteiger charge is -2.46. The number of likely N-dealkylation sites (tertiary alicyclic amines) is 1. The van der Waals surface area contributed by atoms with Crippen molar-refractivity contribution in [2.24, 2.45) is 0 Å². The number of nitrogens with one attached hydrogen (secondary N) is 1. The number of carbonyl (C=O) groups excluding carboxylic acids is 3. The van der Waals surface area contributed by atoms with E-state index < -0.39 is 23.3 Å². The summed E-state index contributed by atoms with van der Waals surface area (Å²) in [6, 6.07) is 10.7. The van der Waals surface area contributed by atoms with Crippen molar-refractivity contribution < 1.29 is 29.3 Å². The van der Waals surface area contributed by atoms with Crippen LogP contribution in [0.15, 0.2) is 53.7 Å². The molecule has 164 valence electrons. The summed E-state index contributed by atoms with van der Waals surface area (Å²) < 4.78 is 5.92. The summed E-state index contributed by atoms with van der Waals surface area (Å²) in [5.74, 6) is -2.05. The molecule has 1 fully saturated rings. The first-order valence-corrected chi connectivity index (χ1v) is 10.3. The first kappa shape index (κ1) is 22.3. The predicted octanol–water partition coefficient (Wildman–Crippen LogP) is 1.76. The topological polar surface area (TPSA) is 121 Å². The Kier molecular flexibility index (Phi) is 6.59. The van der Waals surface area contributed by atoms with E-state index in [2.05, 4.69) is 5.32 Å². The van der Waals surface area contributed by atoms with Gasteiger partial charge in [-0.15, -0.1) is 0 Å². The lowest BCUT2D eigenvalue weighted by atomic mass is 10.0. The first-order valence-electron chi connectivity index (χ1n) is 9.43. The van der Waals surface area contributed by atoms with E-state index in [1.165, 1.54) is 24.1 Å². The number of allylic oxidation sites excluding steroid dienone is 1. The van der Waals surface area contributed by atoms with Crippen LogP contribution in [0.3, 0.4) is 0 Å².